The highest BCUT2D eigenvalue weighted by atomic mass is 19.4. The first kappa shape index (κ1) is 26.3. The Labute approximate surface area is 201 Å². The highest BCUT2D eigenvalue weighted by Crippen LogP contribution is 2.38. The van der Waals surface area contributed by atoms with E-state index in [4.69, 9.17) is 0 Å². The Kier molecular flexibility index (Phi) is 8.45. The van der Waals surface area contributed by atoms with Crippen LogP contribution in [0.25, 0.3) is 0 Å². The van der Waals surface area contributed by atoms with Crippen LogP contribution in [0, 0.1) is 24.7 Å². The fourth-order valence-electron chi connectivity index (χ4n) is 5.15. The zero-order chi connectivity index (χ0) is 25.0. The second-order valence-corrected chi connectivity index (χ2v) is 10.4. The second-order valence-electron chi connectivity index (χ2n) is 10.4. The average molecular weight is 475 g/mol. The lowest BCUT2D eigenvalue weighted by Crippen LogP contribution is -2.41. The molecule has 1 amide bonds. The normalized spacial score (nSPS) is 19.2. The molecule has 1 saturated heterocycles. The molecule has 0 N–H and O–H groups in total. The number of alkyl halides is 3. The molecule has 0 radical (unpaired) electrons. The van der Waals surface area contributed by atoms with E-state index >= 15 is 0 Å². The van der Waals surface area contributed by atoms with E-state index in [1.165, 1.54) is 17.2 Å². The van der Waals surface area contributed by atoms with E-state index < -0.39 is 11.7 Å². The maximum atomic E-state index is 13.6. The number of hydrogen-bond acceptors (Lipinski definition) is 2. The van der Waals surface area contributed by atoms with Gasteiger partial charge in [0.15, 0.2) is 0 Å². The molecule has 1 aliphatic heterocycles. The molecule has 1 aliphatic rings. The van der Waals surface area contributed by atoms with Gasteiger partial charge in [-0.1, -0.05) is 70.2 Å². The molecule has 2 atom stereocenters. The van der Waals surface area contributed by atoms with Gasteiger partial charge >= 0.3 is 6.18 Å². The summed E-state index contributed by atoms with van der Waals surface area (Å²) >= 11 is 0. The van der Waals surface area contributed by atoms with E-state index in [9.17, 15) is 18.0 Å². The minimum absolute atomic E-state index is 0.0909. The standard InChI is InChI=1S/C28H37F3N2O/c1-19(2)14-33(27(34)20(3)4)17-23-16-32(18-25(23)24-12-8-6-10-21(24)5)15-22-11-7-9-13-26(22)28(29,30)31/h6-13,19-20,23,25H,14-18H2,1-5H3. The van der Waals surface area contributed by atoms with Gasteiger partial charge in [-0.3, -0.25) is 9.69 Å². The molecular weight excluding hydrogens is 437 g/mol. The third kappa shape index (κ3) is 6.41. The third-order valence-corrected chi connectivity index (χ3v) is 6.67. The predicted molar refractivity (Wildman–Crippen MR) is 130 cm³/mol. The highest BCUT2D eigenvalue weighted by molar-refractivity contribution is 5.78. The summed E-state index contributed by atoms with van der Waals surface area (Å²) in [4.78, 5) is 17.1. The minimum atomic E-state index is -4.37. The molecule has 0 spiro atoms. The van der Waals surface area contributed by atoms with Gasteiger partial charge < -0.3 is 4.90 Å². The second kappa shape index (κ2) is 10.9. The van der Waals surface area contributed by atoms with E-state index in [-0.39, 0.29) is 30.2 Å². The Hall–Kier alpha value is -2.34. The van der Waals surface area contributed by atoms with E-state index in [1.807, 2.05) is 30.9 Å². The number of amides is 1. The molecule has 3 rings (SSSR count). The van der Waals surface area contributed by atoms with Crippen LogP contribution in [0.3, 0.4) is 0 Å². The van der Waals surface area contributed by atoms with Gasteiger partial charge in [0, 0.05) is 44.6 Å². The molecule has 0 aliphatic carbocycles. The van der Waals surface area contributed by atoms with Crippen molar-refractivity contribution in [3.63, 3.8) is 0 Å². The van der Waals surface area contributed by atoms with Crippen LogP contribution in [-0.2, 0) is 17.5 Å². The number of halogens is 3. The summed E-state index contributed by atoms with van der Waals surface area (Å²) in [5.41, 5.74) is 2.14. The minimum Gasteiger partial charge on any atom is -0.342 e. The molecule has 1 heterocycles. The summed E-state index contributed by atoms with van der Waals surface area (Å²) in [5, 5.41) is 0. The topological polar surface area (TPSA) is 23.6 Å². The summed E-state index contributed by atoms with van der Waals surface area (Å²) in [6, 6.07) is 14.1. The summed E-state index contributed by atoms with van der Waals surface area (Å²) in [7, 11) is 0. The maximum Gasteiger partial charge on any atom is 0.416 e. The molecule has 0 saturated carbocycles. The summed E-state index contributed by atoms with van der Waals surface area (Å²) in [6.45, 7) is 13.0. The lowest BCUT2D eigenvalue weighted by molar-refractivity contribution is -0.138. The summed E-state index contributed by atoms with van der Waals surface area (Å²) in [6.07, 6.45) is -4.37. The number of likely N-dealkylation sites (tertiary alicyclic amines) is 1. The van der Waals surface area contributed by atoms with Crippen LogP contribution in [0.1, 0.15) is 55.9 Å². The number of carbonyl (C=O) groups excluding carboxylic acids is 1. The van der Waals surface area contributed by atoms with Crippen molar-refractivity contribution in [3.8, 4) is 0 Å². The number of aryl methyl sites for hydroxylation is 1. The molecule has 0 bridgehead atoms. The quantitative estimate of drug-likeness (QED) is 0.444. The van der Waals surface area contributed by atoms with Crippen molar-refractivity contribution in [2.24, 2.45) is 17.8 Å². The van der Waals surface area contributed by atoms with Gasteiger partial charge in [0.05, 0.1) is 5.56 Å². The number of benzene rings is 2. The van der Waals surface area contributed by atoms with Gasteiger partial charge in [-0.15, -0.1) is 0 Å². The number of nitrogens with zero attached hydrogens (tertiary/aromatic N) is 2. The summed E-state index contributed by atoms with van der Waals surface area (Å²) < 4.78 is 40.8. The molecule has 6 heteroatoms. The Morgan fingerprint density at radius 2 is 1.68 bits per heavy atom. The predicted octanol–water partition coefficient (Wildman–Crippen LogP) is 6.37. The van der Waals surface area contributed by atoms with Crippen LogP contribution >= 0.6 is 0 Å². The van der Waals surface area contributed by atoms with Crippen molar-refractivity contribution in [2.45, 2.75) is 53.3 Å². The van der Waals surface area contributed by atoms with Crippen molar-refractivity contribution in [2.75, 3.05) is 26.2 Å². The van der Waals surface area contributed by atoms with E-state index in [1.54, 1.807) is 12.1 Å². The molecule has 2 aromatic rings. The fraction of sp³-hybridized carbons (Fsp3) is 0.536. The molecule has 0 aromatic heterocycles. The molecule has 2 unspecified atom stereocenters. The largest absolute Gasteiger partial charge is 0.416 e. The molecular formula is C28H37F3N2O. The van der Waals surface area contributed by atoms with E-state index in [0.717, 1.165) is 6.07 Å². The Morgan fingerprint density at radius 3 is 2.29 bits per heavy atom. The van der Waals surface area contributed by atoms with E-state index in [0.29, 0.717) is 37.7 Å². The van der Waals surface area contributed by atoms with Crippen LogP contribution in [0.5, 0.6) is 0 Å². The Bertz CT molecular complexity index is 970. The zero-order valence-corrected chi connectivity index (χ0v) is 20.9. The SMILES string of the molecule is Cc1ccccc1C1CN(Cc2ccccc2C(F)(F)F)CC1CN(CC(C)C)C(=O)C(C)C. The van der Waals surface area contributed by atoms with Crippen molar-refractivity contribution in [1.29, 1.82) is 0 Å². The Morgan fingerprint density at radius 1 is 1.03 bits per heavy atom. The van der Waals surface area contributed by atoms with Crippen LogP contribution < -0.4 is 0 Å². The van der Waals surface area contributed by atoms with Gasteiger partial charge in [0.2, 0.25) is 5.91 Å². The zero-order valence-electron chi connectivity index (χ0n) is 20.9. The molecule has 3 nitrogen and oxygen atoms in total. The van der Waals surface area contributed by atoms with Gasteiger partial charge in [-0.05, 0) is 41.5 Å². The van der Waals surface area contributed by atoms with Crippen molar-refractivity contribution in [3.05, 3.63) is 70.8 Å². The smallest absolute Gasteiger partial charge is 0.342 e. The van der Waals surface area contributed by atoms with Crippen molar-refractivity contribution >= 4 is 5.91 Å². The van der Waals surface area contributed by atoms with Gasteiger partial charge in [-0.2, -0.15) is 13.2 Å². The van der Waals surface area contributed by atoms with Gasteiger partial charge in [0.25, 0.3) is 0 Å². The number of rotatable bonds is 8. The van der Waals surface area contributed by atoms with Gasteiger partial charge in [-0.25, -0.2) is 0 Å². The maximum absolute atomic E-state index is 13.6. The number of hydrogen-bond donors (Lipinski definition) is 0. The first-order valence-electron chi connectivity index (χ1n) is 12.2. The van der Waals surface area contributed by atoms with Crippen molar-refractivity contribution in [1.82, 2.24) is 9.80 Å². The molecule has 1 fully saturated rings. The fourth-order valence-corrected chi connectivity index (χ4v) is 5.15. The molecule has 34 heavy (non-hydrogen) atoms. The van der Waals surface area contributed by atoms with Crippen LogP contribution in [-0.4, -0.2) is 41.9 Å². The van der Waals surface area contributed by atoms with E-state index in [2.05, 4.69) is 37.8 Å². The first-order chi connectivity index (χ1) is 16.0. The lowest BCUT2D eigenvalue weighted by Gasteiger charge is -2.31. The highest BCUT2D eigenvalue weighted by Gasteiger charge is 2.38. The van der Waals surface area contributed by atoms with Crippen LogP contribution in [0.4, 0.5) is 13.2 Å². The van der Waals surface area contributed by atoms with Crippen LogP contribution in [0.2, 0.25) is 0 Å². The third-order valence-electron chi connectivity index (χ3n) is 6.67. The summed E-state index contributed by atoms with van der Waals surface area (Å²) in [5.74, 6) is 0.704. The molecule has 186 valence electrons. The van der Waals surface area contributed by atoms with Gasteiger partial charge in [0.1, 0.15) is 0 Å². The lowest BCUT2D eigenvalue weighted by atomic mass is 9.86. The van der Waals surface area contributed by atoms with Crippen molar-refractivity contribution < 1.29 is 18.0 Å². The average Bonchev–Trinajstić information content (AvgIpc) is 3.14. The van der Waals surface area contributed by atoms with Crippen LogP contribution in [0.15, 0.2) is 48.5 Å². The molecule has 2 aromatic carbocycles. The Balaban J connectivity index is 1.89. The number of carbonyl (C=O) groups is 1. The first-order valence-corrected chi connectivity index (χ1v) is 12.2. The monoisotopic (exact) mass is 474 g/mol.